The molecule has 1 N–H and O–H groups in total. The third kappa shape index (κ3) is 2.47. The van der Waals surface area contributed by atoms with Gasteiger partial charge in [-0.05, 0) is 47.8 Å². The molecule has 0 bridgehead atoms. The van der Waals surface area contributed by atoms with E-state index in [4.69, 9.17) is 9.47 Å². The fraction of sp³-hybridized carbons (Fsp3) is 0.538. The van der Waals surface area contributed by atoms with Crippen molar-refractivity contribution in [1.29, 1.82) is 0 Å². The predicted molar refractivity (Wildman–Crippen MR) is 72.0 cm³/mol. The van der Waals surface area contributed by atoms with Gasteiger partial charge in [0.25, 0.3) is 0 Å². The van der Waals surface area contributed by atoms with Gasteiger partial charge in [0.05, 0.1) is 18.7 Å². The van der Waals surface area contributed by atoms with Crippen molar-refractivity contribution in [2.45, 2.75) is 18.8 Å². The molecule has 1 heterocycles. The van der Waals surface area contributed by atoms with Crippen molar-refractivity contribution < 1.29 is 13.9 Å². The number of methoxy groups -OCH3 is 2. The summed E-state index contributed by atoms with van der Waals surface area (Å²) in [5, 5.41) is 3.28. The van der Waals surface area contributed by atoms with Crippen LogP contribution in [0.4, 0.5) is 4.39 Å². The molecule has 0 radical (unpaired) electrons. The fourth-order valence-electron chi connectivity index (χ4n) is 2.44. The van der Waals surface area contributed by atoms with Crippen molar-refractivity contribution in [3.8, 4) is 11.5 Å². The molecule has 1 aromatic carbocycles. The van der Waals surface area contributed by atoms with E-state index in [0.717, 1.165) is 25.9 Å². The smallest absolute Gasteiger partial charge is 0.167 e. The Morgan fingerprint density at radius 3 is 2.50 bits per heavy atom. The van der Waals surface area contributed by atoms with Gasteiger partial charge in [-0.3, -0.25) is 0 Å². The van der Waals surface area contributed by atoms with Crippen molar-refractivity contribution in [2.75, 3.05) is 27.3 Å². The van der Waals surface area contributed by atoms with Crippen LogP contribution >= 0.6 is 15.9 Å². The van der Waals surface area contributed by atoms with Gasteiger partial charge in [-0.1, -0.05) is 0 Å². The predicted octanol–water partition coefficient (Wildman–Crippen LogP) is 3.07. The Morgan fingerprint density at radius 1 is 1.28 bits per heavy atom. The average Bonchev–Trinajstić information content (AvgIpc) is 2.42. The highest BCUT2D eigenvalue weighted by atomic mass is 79.9. The van der Waals surface area contributed by atoms with Gasteiger partial charge in [-0.25, -0.2) is 4.39 Å². The number of benzene rings is 1. The van der Waals surface area contributed by atoms with Crippen molar-refractivity contribution in [2.24, 2.45) is 0 Å². The molecule has 1 aliphatic heterocycles. The normalized spacial score (nSPS) is 16.7. The molecule has 1 fully saturated rings. The molecule has 0 amide bonds. The van der Waals surface area contributed by atoms with Crippen molar-refractivity contribution in [1.82, 2.24) is 5.32 Å². The lowest BCUT2D eigenvalue weighted by molar-refractivity contribution is 0.338. The summed E-state index contributed by atoms with van der Waals surface area (Å²) in [4.78, 5) is 0. The quantitative estimate of drug-likeness (QED) is 0.929. The van der Waals surface area contributed by atoms with Crippen LogP contribution in [-0.2, 0) is 0 Å². The van der Waals surface area contributed by atoms with Gasteiger partial charge < -0.3 is 14.8 Å². The van der Waals surface area contributed by atoms with Crippen LogP contribution in [0.15, 0.2) is 10.5 Å². The SMILES string of the molecule is COc1cc(Br)c(F)c(C2CCNCC2)c1OC. The van der Waals surface area contributed by atoms with Gasteiger partial charge in [-0.15, -0.1) is 0 Å². The van der Waals surface area contributed by atoms with E-state index in [9.17, 15) is 4.39 Å². The summed E-state index contributed by atoms with van der Waals surface area (Å²) in [5.74, 6) is 1.02. The van der Waals surface area contributed by atoms with Crippen molar-refractivity contribution in [3.63, 3.8) is 0 Å². The molecule has 3 nitrogen and oxygen atoms in total. The van der Waals surface area contributed by atoms with Gasteiger partial charge in [0.15, 0.2) is 11.5 Å². The van der Waals surface area contributed by atoms with Gasteiger partial charge in [0.1, 0.15) is 5.82 Å². The Morgan fingerprint density at radius 2 is 1.94 bits per heavy atom. The Bertz CT molecular complexity index is 433. The van der Waals surface area contributed by atoms with Crippen LogP contribution in [0, 0.1) is 5.82 Å². The van der Waals surface area contributed by atoms with Crippen LogP contribution in [0.3, 0.4) is 0 Å². The first-order chi connectivity index (χ1) is 8.69. The summed E-state index contributed by atoms with van der Waals surface area (Å²) in [6.07, 6.45) is 1.82. The standard InChI is InChI=1S/C13H17BrFNO2/c1-17-10-7-9(14)12(15)11(13(10)18-2)8-3-5-16-6-4-8/h7-8,16H,3-6H2,1-2H3. The minimum Gasteiger partial charge on any atom is -0.493 e. The Balaban J connectivity index is 2.51. The van der Waals surface area contributed by atoms with Crippen LogP contribution in [0.2, 0.25) is 0 Å². The maximum Gasteiger partial charge on any atom is 0.167 e. The minimum atomic E-state index is -0.237. The topological polar surface area (TPSA) is 30.5 Å². The van der Waals surface area contributed by atoms with E-state index in [1.807, 2.05) is 0 Å². The van der Waals surface area contributed by atoms with Crippen LogP contribution in [0.1, 0.15) is 24.3 Å². The monoisotopic (exact) mass is 317 g/mol. The van der Waals surface area contributed by atoms with E-state index in [0.29, 0.717) is 21.5 Å². The minimum absolute atomic E-state index is 0.174. The molecule has 100 valence electrons. The number of hydrogen-bond donors (Lipinski definition) is 1. The molecule has 0 aliphatic carbocycles. The van der Waals surface area contributed by atoms with Crippen LogP contribution < -0.4 is 14.8 Å². The number of hydrogen-bond acceptors (Lipinski definition) is 3. The first-order valence-corrected chi connectivity index (χ1v) is 6.79. The molecule has 1 saturated heterocycles. The van der Waals surface area contributed by atoms with Crippen LogP contribution in [0.25, 0.3) is 0 Å². The summed E-state index contributed by atoms with van der Waals surface area (Å²) < 4.78 is 25.4. The number of piperidine rings is 1. The van der Waals surface area contributed by atoms with Gasteiger partial charge in [-0.2, -0.15) is 0 Å². The van der Waals surface area contributed by atoms with Crippen molar-refractivity contribution >= 4 is 15.9 Å². The van der Waals surface area contributed by atoms with E-state index < -0.39 is 0 Å². The second kappa shape index (κ2) is 5.89. The Labute approximate surface area is 115 Å². The zero-order chi connectivity index (χ0) is 13.1. The molecular formula is C13H17BrFNO2. The van der Waals surface area contributed by atoms with E-state index in [1.54, 1.807) is 20.3 Å². The zero-order valence-corrected chi connectivity index (χ0v) is 12.1. The number of rotatable bonds is 3. The second-order valence-corrected chi connectivity index (χ2v) is 5.20. The summed E-state index contributed by atoms with van der Waals surface area (Å²) in [6, 6.07) is 1.61. The third-order valence-electron chi connectivity index (χ3n) is 3.34. The molecular weight excluding hydrogens is 301 g/mol. The van der Waals surface area contributed by atoms with E-state index in [1.165, 1.54) is 0 Å². The fourth-order valence-corrected chi connectivity index (χ4v) is 2.86. The molecule has 0 saturated carbocycles. The molecule has 0 unspecified atom stereocenters. The third-order valence-corrected chi connectivity index (χ3v) is 3.92. The largest absolute Gasteiger partial charge is 0.493 e. The molecule has 1 aliphatic rings. The summed E-state index contributed by atoms with van der Waals surface area (Å²) in [7, 11) is 3.12. The average molecular weight is 318 g/mol. The van der Waals surface area contributed by atoms with E-state index >= 15 is 0 Å². The van der Waals surface area contributed by atoms with Gasteiger partial charge in [0, 0.05) is 11.6 Å². The lowest BCUT2D eigenvalue weighted by Crippen LogP contribution is -2.27. The first-order valence-electron chi connectivity index (χ1n) is 5.99. The number of ether oxygens (including phenoxy) is 2. The Kier molecular flexibility index (Phi) is 4.45. The highest BCUT2D eigenvalue weighted by Crippen LogP contribution is 2.43. The molecule has 5 heteroatoms. The van der Waals surface area contributed by atoms with Crippen LogP contribution in [0.5, 0.6) is 11.5 Å². The van der Waals surface area contributed by atoms with Gasteiger partial charge in [0.2, 0.25) is 0 Å². The molecule has 0 atom stereocenters. The second-order valence-electron chi connectivity index (χ2n) is 4.35. The summed E-state index contributed by atoms with van der Waals surface area (Å²) >= 11 is 3.24. The first kappa shape index (κ1) is 13.6. The van der Waals surface area contributed by atoms with Crippen LogP contribution in [-0.4, -0.2) is 27.3 Å². The van der Waals surface area contributed by atoms with Gasteiger partial charge >= 0.3 is 0 Å². The number of nitrogens with one attached hydrogen (secondary N) is 1. The number of halogens is 2. The highest BCUT2D eigenvalue weighted by molar-refractivity contribution is 9.10. The molecule has 0 aromatic heterocycles. The van der Waals surface area contributed by atoms with E-state index in [2.05, 4.69) is 21.2 Å². The Hall–Kier alpha value is -0.810. The summed E-state index contributed by atoms with van der Waals surface area (Å²) in [5.41, 5.74) is 0.630. The van der Waals surface area contributed by atoms with Crippen molar-refractivity contribution in [3.05, 3.63) is 21.9 Å². The molecule has 18 heavy (non-hydrogen) atoms. The zero-order valence-electron chi connectivity index (χ0n) is 10.6. The molecule has 2 rings (SSSR count). The summed E-state index contributed by atoms with van der Waals surface area (Å²) in [6.45, 7) is 1.81. The maximum atomic E-state index is 14.3. The lowest BCUT2D eigenvalue weighted by Gasteiger charge is -2.26. The molecule has 1 aromatic rings. The maximum absolute atomic E-state index is 14.3. The molecule has 0 spiro atoms. The van der Waals surface area contributed by atoms with E-state index in [-0.39, 0.29) is 11.7 Å². The highest BCUT2D eigenvalue weighted by Gasteiger charge is 2.27. The lowest BCUT2D eigenvalue weighted by atomic mass is 9.89.